The first kappa shape index (κ1) is 26.8. The Morgan fingerprint density at radius 2 is 1.30 bits per heavy atom. The summed E-state index contributed by atoms with van der Waals surface area (Å²) < 4.78 is 10.8. The smallest absolute Gasteiger partial charge is 0.175 e. The zero-order valence-electron chi connectivity index (χ0n) is 19.0. The van der Waals surface area contributed by atoms with Crippen LogP contribution < -0.4 is 20.1 Å². The molecule has 0 radical (unpaired) electrons. The van der Waals surface area contributed by atoms with E-state index in [0.717, 1.165) is 22.9 Å². The second kappa shape index (κ2) is 14.0. The molecule has 1 aliphatic rings. The molecule has 0 fully saturated rings. The number of benzene rings is 3. The van der Waals surface area contributed by atoms with Crippen LogP contribution in [0.5, 0.6) is 11.5 Å². The molecule has 0 aliphatic heterocycles. The van der Waals surface area contributed by atoms with Gasteiger partial charge < -0.3 is 27.0 Å². The van der Waals surface area contributed by atoms with Crippen molar-refractivity contribution in [1.29, 1.82) is 0 Å². The molecule has 3 aromatic carbocycles. The van der Waals surface area contributed by atoms with Gasteiger partial charge in [0, 0.05) is 37.6 Å². The number of nitrogens with one attached hydrogen (secondary N) is 2. The van der Waals surface area contributed by atoms with E-state index in [1.165, 1.54) is 11.1 Å². The molecule has 0 saturated carbocycles. The zero-order valence-corrected chi connectivity index (χ0v) is 22.3. The van der Waals surface area contributed by atoms with Crippen LogP contribution in [0.4, 0.5) is 11.4 Å². The van der Waals surface area contributed by atoms with Crippen molar-refractivity contribution >= 4 is 34.8 Å². The summed E-state index contributed by atoms with van der Waals surface area (Å²) in [6.45, 7) is 9.23. The minimum Gasteiger partial charge on any atom is -0.494 e. The summed E-state index contributed by atoms with van der Waals surface area (Å²) in [6.07, 6.45) is 4.26. The SMILES string of the molecule is CCOc1ccc(NC(=S)Nc2ccc(OCC)cc2)cc1.[CH2-]C1C=Cc2ccccc21.[Zr]. The molecule has 0 heterocycles. The first-order valence-corrected chi connectivity index (χ1v) is 11.1. The maximum atomic E-state index is 5.40. The van der Waals surface area contributed by atoms with E-state index < -0.39 is 0 Å². The summed E-state index contributed by atoms with van der Waals surface area (Å²) in [5.74, 6) is 2.06. The molecule has 1 aliphatic carbocycles. The minimum absolute atomic E-state index is 0. The van der Waals surface area contributed by atoms with Crippen LogP contribution in [0.15, 0.2) is 78.9 Å². The Hall–Kier alpha value is -2.43. The maximum Gasteiger partial charge on any atom is 0.175 e. The summed E-state index contributed by atoms with van der Waals surface area (Å²) in [5, 5.41) is 6.80. The molecule has 6 heteroatoms. The van der Waals surface area contributed by atoms with Gasteiger partial charge in [-0.1, -0.05) is 35.9 Å². The van der Waals surface area contributed by atoms with Gasteiger partial charge in [0.15, 0.2) is 5.11 Å². The van der Waals surface area contributed by atoms with Crippen molar-refractivity contribution < 1.29 is 35.7 Å². The van der Waals surface area contributed by atoms with Crippen molar-refractivity contribution in [3.8, 4) is 11.5 Å². The Morgan fingerprint density at radius 3 is 1.76 bits per heavy atom. The van der Waals surface area contributed by atoms with Gasteiger partial charge in [-0.05, 0) is 80.2 Å². The fraction of sp³-hybridized carbons (Fsp3) is 0.185. The van der Waals surface area contributed by atoms with Crippen LogP contribution in [0.1, 0.15) is 30.9 Å². The van der Waals surface area contributed by atoms with Gasteiger partial charge in [-0.2, -0.15) is 0 Å². The fourth-order valence-electron chi connectivity index (χ4n) is 3.22. The van der Waals surface area contributed by atoms with Gasteiger partial charge >= 0.3 is 0 Å². The van der Waals surface area contributed by atoms with Crippen LogP contribution in [0.25, 0.3) is 6.08 Å². The largest absolute Gasteiger partial charge is 0.494 e. The molecule has 0 aromatic heterocycles. The number of fused-ring (bicyclic) bond motifs is 1. The first-order chi connectivity index (χ1) is 15.6. The van der Waals surface area contributed by atoms with E-state index >= 15 is 0 Å². The molecule has 0 amide bonds. The molecule has 4 nitrogen and oxygen atoms in total. The minimum atomic E-state index is 0. The van der Waals surface area contributed by atoms with Crippen LogP contribution in [-0.4, -0.2) is 18.3 Å². The van der Waals surface area contributed by atoms with Gasteiger partial charge in [-0.15, -0.1) is 12.0 Å². The standard InChI is InChI=1S/C17H20N2O2S.C10H9.Zr/c1-3-20-15-9-5-13(6-10-15)18-17(22)19-14-7-11-16(12-8-14)21-4-2;1-8-6-7-9-4-2-3-5-10(8)9;/h5-12H,3-4H2,1-2H3,(H2,18,19,22);2-8H,1H2;/q;-1;. The molecule has 0 bridgehead atoms. The van der Waals surface area contributed by atoms with Crippen LogP contribution in [0.3, 0.4) is 0 Å². The molecule has 2 N–H and O–H groups in total. The Kier molecular flexibility index (Phi) is 11.4. The monoisotopic (exact) mass is 535 g/mol. The van der Waals surface area contributed by atoms with Gasteiger partial charge in [0.1, 0.15) is 11.5 Å². The Bertz CT molecular complexity index is 983. The number of hydrogen-bond donors (Lipinski definition) is 2. The van der Waals surface area contributed by atoms with E-state index in [-0.39, 0.29) is 26.2 Å². The van der Waals surface area contributed by atoms with Gasteiger partial charge in [-0.25, -0.2) is 0 Å². The normalized spacial score (nSPS) is 13.0. The van der Waals surface area contributed by atoms with E-state index in [1.807, 2.05) is 62.4 Å². The molecule has 0 spiro atoms. The van der Waals surface area contributed by atoms with Gasteiger partial charge in [0.25, 0.3) is 0 Å². The summed E-state index contributed by atoms with van der Waals surface area (Å²) >= 11 is 5.30. The first-order valence-electron chi connectivity index (χ1n) is 10.7. The second-order valence-electron chi connectivity index (χ2n) is 7.09. The molecule has 3 aromatic rings. The van der Waals surface area contributed by atoms with Crippen molar-refractivity contribution in [3.63, 3.8) is 0 Å². The van der Waals surface area contributed by atoms with Crippen molar-refractivity contribution in [2.45, 2.75) is 19.8 Å². The third-order valence-corrected chi connectivity index (χ3v) is 4.95. The Morgan fingerprint density at radius 1 is 0.818 bits per heavy atom. The van der Waals surface area contributed by atoms with Crippen LogP contribution in [0.2, 0.25) is 0 Å². The quantitative estimate of drug-likeness (QED) is 0.264. The average Bonchev–Trinajstić information content (AvgIpc) is 3.18. The van der Waals surface area contributed by atoms with Gasteiger partial charge in [0.2, 0.25) is 0 Å². The zero-order chi connectivity index (χ0) is 22.8. The second-order valence-corrected chi connectivity index (χ2v) is 7.50. The molecule has 1 unspecified atom stereocenters. The van der Waals surface area contributed by atoms with E-state index in [9.17, 15) is 0 Å². The average molecular weight is 537 g/mol. The summed E-state index contributed by atoms with van der Waals surface area (Å²) in [4.78, 5) is 0. The number of ether oxygens (including phenoxy) is 2. The topological polar surface area (TPSA) is 42.5 Å². The molecule has 33 heavy (non-hydrogen) atoms. The number of anilines is 2. The molecular formula is C27H29N2O2SZr-. The number of rotatable bonds is 6. The molecular weight excluding hydrogens is 508 g/mol. The van der Waals surface area contributed by atoms with Gasteiger partial charge in [-0.3, -0.25) is 0 Å². The maximum absolute atomic E-state index is 5.40. The molecule has 4 rings (SSSR count). The van der Waals surface area contributed by atoms with E-state index in [1.54, 1.807) is 0 Å². The van der Waals surface area contributed by atoms with Crippen molar-refractivity contribution in [2.24, 2.45) is 0 Å². The summed E-state index contributed by atoms with van der Waals surface area (Å²) in [7, 11) is 0. The summed E-state index contributed by atoms with van der Waals surface area (Å²) in [6, 6.07) is 23.7. The molecule has 1 atom stereocenters. The predicted octanol–water partition coefficient (Wildman–Crippen LogP) is 6.92. The third-order valence-electron chi connectivity index (χ3n) is 4.75. The van der Waals surface area contributed by atoms with E-state index in [0.29, 0.717) is 24.2 Å². The molecule has 170 valence electrons. The number of thiocarbonyl (C=S) groups is 1. The van der Waals surface area contributed by atoms with Crippen LogP contribution >= 0.6 is 12.2 Å². The number of allylic oxidation sites excluding steroid dienone is 1. The van der Waals surface area contributed by atoms with Crippen molar-refractivity contribution in [1.82, 2.24) is 0 Å². The van der Waals surface area contributed by atoms with Gasteiger partial charge in [0.05, 0.1) is 13.2 Å². The predicted molar refractivity (Wildman–Crippen MR) is 139 cm³/mol. The summed E-state index contributed by atoms with van der Waals surface area (Å²) in [5.41, 5.74) is 4.49. The number of hydrogen-bond acceptors (Lipinski definition) is 3. The van der Waals surface area contributed by atoms with E-state index in [4.69, 9.17) is 21.7 Å². The fourth-order valence-corrected chi connectivity index (χ4v) is 3.46. The Balaban J connectivity index is 0.000000291. The van der Waals surface area contributed by atoms with Crippen LogP contribution in [-0.2, 0) is 26.2 Å². The molecule has 0 saturated heterocycles. The van der Waals surface area contributed by atoms with E-state index in [2.05, 4.69) is 54.0 Å². The van der Waals surface area contributed by atoms with Crippen molar-refractivity contribution in [2.75, 3.05) is 23.8 Å². The third kappa shape index (κ3) is 8.45. The Labute approximate surface area is 221 Å². The van der Waals surface area contributed by atoms with Crippen LogP contribution in [0, 0.1) is 6.92 Å². The van der Waals surface area contributed by atoms with Crippen molar-refractivity contribution in [3.05, 3.63) is 96.9 Å².